The van der Waals surface area contributed by atoms with Crippen molar-refractivity contribution in [1.82, 2.24) is 5.01 Å². The van der Waals surface area contributed by atoms with E-state index in [1.165, 1.54) is 5.56 Å². The summed E-state index contributed by atoms with van der Waals surface area (Å²) in [7, 11) is 0. The lowest BCUT2D eigenvalue weighted by Gasteiger charge is -2.43. The summed E-state index contributed by atoms with van der Waals surface area (Å²) in [4.78, 5) is 19.6. The first kappa shape index (κ1) is 19.0. The molecule has 0 fully saturated rings. The van der Waals surface area contributed by atoms with Gasteiger partial charge in [-0.25, -0.2) is 5.01 Å². The number of nitrogens with zero attached hydrogens (tertiary/aromatic N) is 4. The zero-order valence-electron chi connectivity index (χ0n) is 16.8. The van der Waals surface area contributed by atoms with Crippen molar-refractivity contribution < 1.29 is 4.79 Å². The molecule has 3 heterocycles. The molecule has 2 aromatic rings. The second-order valence-corrected chi connectivity index (χ2v) is 8.56. The maximum absolute atomic E-state index is 12.7. The molecule has 3 aliphatic rings. The van der Waals surface area contributed by atoms with Crippen molar-refractivity contribution in [3.8, 4) is 12.3 Å². The molecule has 0 radical (unpaired) electrons. The van der Waals surface area contributed by atoms with E-state index in [0.717, 1.165) is 28.7 Å². The van der Waals surface area contributed by atoms with Crippen LogP contribution in [-0.4, -0.2) is 40.6 Å². The van der Waals surface area contributed by atoms with Crippen LogP contribution in [0.15, 0.2) is 64.7 Å². The molecular weight excluding hydrogens is 392 g/mol. The van der Waals surface area contributed by atoms with Crippen molar-refractivity contribution >= 4 is 34.2 Å². The van der Waals surface area contributed by atoms with Crippen molar-refractivity contribution in [3.05, 3.63) is 65.7 Å². The lowest BCUT2D eigenvalue weighted by Crippen LogP contribution is -2.59. The highest BCUT2D eigenvalue weighted by Crippen LogP contribution is 2.54. The molecule has 1 spiro atoms. The van der Waals surface area contributed by atoms with Gasteiger partial charge in [-0.3, -0.25) is 4.79 Å². The monoisotopic (exact) mass is 414 g/mol. The number of benzene rings is 2. The van der Waals surface area contributed by atoms with Crippen LogP contribution in [0.5, 0.6) is 0 Å². The fourth-order valence-electron chi connectivity index (χ4n) is 4.95. The standard InChI is InChI=1S/C24H22N4OS/c1-3-4-14-28-23-24(15-20(29)25-23)18-12-8-9-13-19(18)27(21(24)22(26-28)30-2)16-17-10-6-5-7-11-17/h1,5-13,21H,4,14-16H2,2H3/t21-,24-/m0/s1. The minimum atomic E-state index is -0.517. The van der Waals surface area contributed by atoms with E-state index in [4.69, 9.17) is 11.5 Å². The molecule has 0 bridgehead atoms. The summed E-state index contributed by atoms with van der Waals surface area (Å²) < 4.78 is 0. The van der Waals surface area contributed by atoms with Gasteiger partial charge in [0.05, 0.1) is 18.0 Å². The summed E-state index contributed by atoms with van der Waals surface area (Å²) in [6, 6.07) is 18.8. The normalized spacial score (nSPS) is 24.0. The van der Waals surface area contributed by atoms with Gasteiger partial charge in [-0.1, -0.05) is 48.5 Å². The summed E-state index contributed by atoms with van der Waals surface area (Å²) in [5, 5.41) is 7.78. The van der Waals surface area contributed by atoms with Crippen LogP contribution in [0, 0.1) is 12.3 Å². The topological polar surface area (TPSA) is 48.3 Å². The SMILES string of the molecule is C#CCCN1N=C(SC)[C@@H]2N(Cc3ccccc3)c3ccccc3[C@@]23CC(=O)N=C13. The smallest absolute Gasteiger partial charge is 0.248 e. The highest BCUT2D eigenvalue weighted by atomic mass is 32.2. The van der Waals surface area contributed by atoms with E-state index in [1.807, 2.05) is 17.1 Å². The predicted octanol–water partition coefficient (Wildman–Crippen LogP) is 3.66. The molecule has 6 heteroatoms. The maximum Gasteiger partial charge on any atom is 0.248 e. The van der Waals surface area contributed by atoms with Crippen LogP contribution in [-0.2, 0) is 16.8 Å². The van der Waals surface area contributed by atoms with Gasteiger partial charge in [0.1, 0.15) is 10.9 Å². The Morgan fingerprint density at radius 2 is 1.97 bits per heavy atom. The van der Waals surface area contributed by atoms with Crippen molar-refractivity contribution in [2.75, 3.05) is 17.7 Å². The van der Waals surface area contributed by atoms with Gasteiger partial charge in [0.15, 0.2) is 0 Å². The Morgan fingerprint density at radius 1 is 1.20 bits per heavy atom. The largest absolute Gasteiger partial charge is 0.356 e. The average Bonchev–Trinajstić information content (AvgIpc) is 3.26. The van der Waals surface area contributed by atoms with E-state index in [2.05, 4.69) is 64.5 Å². The van der Waals surface area contributed by atoms with Gasteiger partial charge in [0.25, 0.3) is 0 Å². The number of fused-ring (bicyclic) bond motifs is 1. The number of rotatable bonds is 4. The van der Waals surface area contributed by atoms with Crippen molar-refractivity contribution in [1.29, 1.82) is 0 Å². The quantitative estimate of drug-likeness (QED) is 0.717. The summed E-state index contributed by atoms with van der Waals surface area (Å²) in [6.07, 6.45) is 8.48. The molecule has 5 rings (SSSR count). The van der Waals surface area contributed by atoms with Crippen LogP contribution in [0.2, 0.25) is 0 Å². The lowest BCUT2D eigenvalue weighted by molar-refractivity contribution is -0.117. The third-order valence-corrected chi connectivity index (χ3v) is 6.83. The third-order valence-electron chi connectivity index (χ3n) is 6.10. The fourth-order valence-corrected chi connectivity index (χ4v) is 5.68. The molecule has 2 aromatic carbocycles. The maximum atomic E-state index is 12.7. The minimum Gasteiger partial charge on any atom is -0.356 e. The number of carbonyl (C=O) groups is 1. The Hall–Kier alpha value is -3.04. The number of carbonyl (C=O) groups excluding carboxylic acids is 1. The molecule has 30 heavy (non-hydrogen) atoms. The van der Waals surface area contributed by atoms with Gasteiger partial charge < -0.3 is 4.90 Å². The summed E-state index contributed by atoms with van der Waals surface area (Å²) >= 11 is 1.64. The number of thioether (sulfide) groups is 1. The highest BCUT2D eigenvalue weighted by molar-refractivity contribution is 8.13. The Balaban J connectivity index is 1.70. The number of amidine groups is 1. The van der Waals surface area contributed by atoms with Crippen LogP contribution in [0.4, 0.5) is 5.69 Å². The van der Waals surface area contributed by atoms with Crippen LogP contribution in [0.1, 0.15) is 24.0 Å². The summed E-state index contributed by atoms with van der Waals surface area (Å²) in [6.45, 7) is 1.30. The minimum absolute atomic E-state index is 0.0580. The highest BCUT2D eigenvalue weighted by Gasteiger charge is 2.62. The number of amides is 1. The molecule has 0 aromatic heterocycles. The number of hydrogen-bond acceptors (Lipinski definition) is 5. The number of hydrogen-bond donors (Lipinski definition) is 0. The number of terminal acetylenes is 1. The van der Waals surface area contributed by atoms with Gasteiger partial charge in [0.2, 0.25) is 5.91 Å². The van der Waals surface area contributed by atoms with Crippen LogP contribution < -0.4 is 4.90 Å². The first-order valence-corrected chi connectivity index (χ1v) is 11.3. The third kappa shape index (κ3) is 2.69. The van der Waals surface area contributed by atoms with E-state index in [0.29, 0.717) is 19.4 Å². The van der Waals surface area contributed by atoms with Gasteiger partial charge in [-0.2, -0.15) is 10.1 Å². The number of aliphatic imine (C=N–C) groups is 1. The number of anilines is 1. The van der Waals surface area contributed by atoms with E-state index in [-0.39, 0.29) is 11.9 Å². The van der Waals surface area contributed by atoms with Gasteiger partial charge in [-0.15, -0.1) is 24.1 Å². The Morgan fingerprint density at radius 3 is 2.73 bits per heavy atom. The molecule has 0 N–H and O–H groups in total. The van der Waals surface area contributed by atoms with Crippen molar-refractivity contribution in [2.24, 2.45) is 10.1 Å². The van der Waals surface area contributed by atoms with Gasteiger partial charge in [-0.05, 0) is 23.4 Å². The molecule has 0 aliphatic carbocycles. The Kier molecular flexibility index (Phi) is 4.63. The fraction of sp³-hybridized carbons (Fsp3) is 0.292. The second kappa shape index (κ2) is 7.33. The molecule has 0 saturated heterocycles. The Bertz CT molecular complexity index is 1100. The van der Waals surface area contributed by atoms with Crippen molar-refractivity contribution in [3.63, 3.8) is 0 Å². The molecular formula is C24H22N4OS. The zero-order chi connectivity index (χ0) is 20.7. The number of hydrazone groups is 1. The molecule has 0 saturated carbocycles. The first-order valence-electron chi connectivity index (χ1n) is 10.0. The zero-order valence-corrected chi connectivity index (χ0v) is 17.6. The van der Waals surface area contributed by atoms with Crippen LogP contribution in [0.25, 0.3) is 0 Å². The average molecular weight is 415 g/mol. The number of para-hydroxylation sites is 1. The van der Waals surface area contributed by atoms with Gasteiger partial charge >= 0.3 is 0 Å². The first-order chi connectivity index (χ1) is 14.7. The lowest BCUT2D eigenvalue weighted by atomic mass is 9.73. The molecule has 150 valence electrons. The Labute approximate surface area is 180 Å². The molecule has 1 amide bonds. The van der Waals surface area contributed by atoms with Crippen LogP contribution >= 0.6 is 11.8 Å². The van der Waals surface area contributed by atoms with Crippen LogP contribution in [0.3, 0.4) is 0 Å². The van der Waals surface area contributed by atoms with E-state index < -0.39 is 5.41 Å². The van der Waals surface area contributed by atoms with E-state index in [9.17, 15) is 4.79 Å². The molecule has 5 nitrogen and oxygen atoms in total. The van der Waals surface area contributed by atoms with Gasteiger partial charge in [0, 0.05) is 25.1 Å². The van der Waals surface area contributed by atoms with Crippen molar-refractivity contribution in [2.45, 2.75) is 30.8 Å². The van der Waals surface area contributed by atoms with E-state index >= 15 is 0 Å². The summed E-state index contributed by atoms with van der Waals surface area (Å²) in [5.41, 5.74) is 3.01. The molecule has 2 atom stereocenters. The molecule has 3 aliphatic heterocycles. The second-order valence-electron chi connectivity index (χ2n) is 7.73. The summed E-state index contributed by atoms with van der Waals surface area (Å²) in [5.74, 6) is 3.34. The predicted molar refractivity (Wildman–Crippen MR) is 123 cm³/mol. The molecule has 0 unspecified atom stereocenters. The van der Waals surface area contributed by atoms with E-state index in [1.54, 1.807) is 11.8 Å².